The van der Waals surface area contributed by atoms with Crippen LogP contribution in [-0.4, -0.2) is 59.3 Å². The number of nitrogens with one attached hydrogen (secondary N) is 2. The lowest BCUT2D eigenvalue weighted by Crippen LogP contribution is -2.47. The van der Waals surface area contributed by atoms with Crippen LogP contribution in [0, 0.1) is 0 Å². The van der Waals surface area contributed by atoms with E-state index in [1.807, 2.05) is 42.7 Å². The summed E-state index contributed by atoms with van der Waals surface area (Å²) in [5.41, 5.74) is 1.98. The van der Waals surface area contributed by atoms with E-state index in [4.69, 9.17) is 0 Å². The van der Waals surface area contributed by atoms with Crippen LogP contribution < -0.4 is 10.2 Å². The minimum absolute atomic E-state index is 0.161. The van der Waals surface area contributed by atoms with Crippen LogP contribution >= 0.6 is 11.8 Å². The molecule has 2 aliphatic rings. The molecule has 0 radical (unpaired) electrons. The van der Waals surface area contributed by atoms with E-state index in [2.05, 4.69) is 20.2 Å². The van der Waals surface area contributed by atoms with Gasteiger partial charge in [-0.2, -0.15) is 0 Å². The lowest BCUT2D eigenvalue weighted by Gasteiger charge is -2.34. The summed E-state index contributed by atoms with van der Waals surface area (Å²) >= 11 is 1.66. The van der Waals surface area contributed by atoms with Gasteiger partial charge in [0.05, 0.1) is 10.6 Å². The maximum Gasteiger partial charge on any atom is 0.261 e. The predicted octanol–water partition coefficient (Wildman–Crippen LogP) is 2.17. The number of pyridine rings is 1. The maximum atomic E-state index is 13.0. The first-order valence-electron chi connectivity index (χ1n) is 8.76. The van der Waals surface area contributed by atoms with E-state index in [0.29, 0.717) is 6.04 Å². The Morgan fingerprint density at radius 3 is 3.20 bits per heavy atom. The fourth-order valence-corrected chi connectivity index (χ4v) is 4.52. The molecule has 2 N–H and O–H groups in total. The Kier molecular flexibility index (Phi) is 4.67. The molecular formula is C18H23N5OS. The van der Waals surface area contributed by atoms with Gasteiger partial charge in [-0.25, -0.2) is 4.98 Å². The average Bonchev–Trinajstić information content (AvgIpc) is 3.16. The Bertz CT molecular complexity index is 802. The van der Waals surface area contributed by atoms with Crippen LogP contribution in [0.4, 0.5) is 5.69 Å². The molecule has 0 spiro atoms. The van der Waals surface area contributed by atoms with Gasteiger partial charge in [-0.15, -0.1) is 11.8 Å². The highest BCUT2D eigenvalue weighted by atomic mass is 32.2. The van der Waals surface area contributed by atoms with E-state index < -0.39 is 0 Å². The Morgan fingerprint density at radius 1 is 1.40 bits per heavy atom. The number of aromatic amines is 1. The van der Waals surface area contributed by atoms with Crippen molar-refractivity contribution in [2.75, 3.05) is 37.3 Å². The topological polar surface area (TPSA) is 64.3 Å². The van der Waals surface area contributed by atoms with Crippen molar-refractivity contribution in [1.82, 2.24) is 20.2 Å². The predicted molar refractivity (Wildman–Crippen MR) is 103 cm³/mol. The Hall–Kier alpha value is -1.99. The summed E-state index contributed by atoms with van der Waals surface area (Å²) in [6, 6.07) is 4.46. The molecule has 0 unspecified atom stereocenters. The number of thioether (sulfide) groups is 1. The minimum atomic E-state index is 0.161. The zero-order chi connectivity index (χ0) is 17.2. The fourth-order valence-electron chi connectivity index (χ4n) is 3.55. The monoisotopic (exact) mass is 357 g/mol. The third-order valence-corrected chi connectivity index (χ3v) is 5.91. The summed E-state index contributed by atoms with van der Waals surface area (Å²) in [4.78, 5) is 25.5. The number of likely N-dealkylation sites (tertiary alicyclic amines) is 1. The van der Waals surface area contributed by atoms with Gasteiger partial charge >= 0.3 is 0 Å². The Morgan fingerprint density at radius 2 is 2.32 bits per heavy atom. The van der Waals surface area contributed by atoms with Crippen LogP contribution in [0.25, 0.3) is 11.0 Å². The van der Waals surface area contributed by atoms with Gasteiger partial charge in [0.25, 0.3) is 5.91 Å². The van der Waals surface area contributed by atoms with Crippen LogP contribution in [0.2, 0.25) is 0 Å². The fraction of sp³-hybridized carbons (Fsp3) is 0.444. The van der Waals surface area contributed by atoms with Gasteiger partial charge in [-0.1, -0.05) is 0 Å². The van der Waals surface area contributed by atoms with Gasteiger partial charge in [-0.05, 0) is 32.0 Å². The summed E-state index contributed by atoms with van der Waals surface area (Å²) in [5, 5.41) is 4.39. The van der Waals surface area contributed by atoms with Gasteiger partial charge in [0.1, 0.15) is 5.65 Å². The first kappa shape index (κ1) is 16.5. The van der Waals surface area contributed by atoms with E-state index in [1.54, 1.807) is 11.8 Å². The second-order valence-electron chi connectivity index (χ2n) is 6.48. The van der Waals surface area contributed by atoms with Crippen molar-refractivity contribution in [2.24, 2.45) is 0 Å². The quantitative estimate of drug-likeness (QED) is 0.881. The molecule has 7 heteroatoms. The molecule has 4 heterocycles. The molecule has 2 aromatic heterocycles. The number of nitrogens with zero attached hydrogens (tertiary/aromatic N) is 3. The SMILES string of the molecule is CN[C@H]1CCCN(C(=O)C2=CN(c3ccnc4[nH]ccc34)CCS2)C1. The number of aromatic nitrogens is 2. The molecule has 1 saturated heterocycles. The highest BCUT2D eigenvalue weighted by Crippen LogP contribution is 2.31. The minimum Gasteiger partial charge on any atom is -0.346 e. The molecule has 1 atom stereocenters. The molecule has 2 aliphatic heterocycles. The number of fused-ring (bicyclic) bond motifs is 1. The molecule has 1 amide bonds. The van der Waals surface area contributed by atoms with Crippen LogP contribution in [0.5, 0.6) is 0 Å². The molecule has 6 nitrogen and oxygen atoms in total. The molecule has 0 saturated carbocycles. The molecule has 1 fully saturated rings. The number of likely N-dealkylation sites (N-methyl/N-ethyl adjacent to an activating group) is 1. The molecule has 0 aromatic carbocycles. The van der Waals surface area contributed by atoms with Gasteiger partial charge < -0.3 is 20.1 Å². The number of hydrogen-bond donors (Lipinski definition) is 2. The smallest absolute Gasteiger partial charge is 0.261 e. The largest absolute Gasteiger partial charge is 0.346 e. The molecule has 132 valence electrons. The van der Waals surface area contributed by atoms with Gasteiger partial charge in [-0.3, -0.25) is 4.79 Å². The van der Waals surface area contributed by atoms with Gasteiger partial charge in [0, 0.05) is 55.4 Å². The number of H-pyrrole nitrogens is 1. The number of piperidine rings is 1. The second-order valence-corrected chi connectivity index (χ2v) is 7.62. The molecule has 25 heavy (non-hydrogen) atoms. The number of hydrogen-bond acceptors (Lipinski definition) is 5. The van der Waals surface area contributed by atoms with E-state index in [9.17, 15) is 4.79 Å². The van der Waals surface area contributed by atoms with Crippen LogP contribution in [0.3, 0.4) is 0 Å². The van der Waals surface area contributed by atoms with Crippen molar-refractivity contribution >= 4 is 34.4 Å². The van der Waals surface area contributed by atoms with Crippen molar-refractivity contribution < 1.29 is 4.79 Å². The van der Waals surface area contributed by atoms with Crippen molar-refractivity contribution in [3.8, 4) is 0 Å². The molecule has 2 aromatic rings. The van der Waals surface area contributed by atoms with Crippen LogP contribution in [-0.2, 0) is 4.79 Å². The van der Waals surface area contributed by atoms with Crippen molar-refractivity contribution in [3.05, 3.63) is 35.6 Å². The van der Waals surface area contributed by atoms with Gasteiger partial charge in [0.15, 0.2) is 0 Å². The lowest BCUT2D eigenvalue weighted by atomic mass is 10.1. The van der Waals surface area contributed by atoms with Crippen molar-refractivity contribution in [3.63, 3.8) is 0 Å². The summed E-state index contributed by atoms with van der Waals surface area (Å²) in [7, 11) is 1.97. The molecule has 0 bridgehead atoms. The van der Waals surface area contributed by atoms with E-state index in [1.165, 1.54) is 0 Å². The number of carbonyl (C=O) groups is 1. The number of anilines is 1. The Labute approximate surface area is 151 Å². The standard InChI is InChI=1S/C18H23N5OS/c1-19-13-3-2-8-23(11-13)18(24)16-12-22(9-10-25-16)15-5-7-21-17-14(15)4-6-20-17/h4-7,12-13,19H,2-3,8-11H2,1H3,(H,20,21)/t13-/m0/s1. The second kappa shape index (κ2) is 7.09. The van der Waals surface area contributed by atoms with Gasteiger partial charge in [0.2, 0.25) is 0 Å². The zero-order valence-corrected chi connectivity index (χ0v) is 15.2. The third kappa shape index (κ3) is 3.26. The molecule has 0 aliphatic carbocycles. The zero-order valence-electron chi connectivity index (χ0n) is 14.4. The number of carbonyl (C=O) groups excluding carboxylic acids is 1. The summed E-state index contributed by atoms with van der Waals surface area (Å²) in [5.74, 6) is 1.07. The van der Waals surface area contributed by atoms with Crippen molar-refractivity contribution in [1.29, 1.82) is 0 Å². The van der Waals surface area contributed by atoms with E-state index >= 15 is 0 Å². The maximum absolute atomic E-state index is 13.0. The summed E-state index contributed by atoms with van der Waals surface area (Å²) in [6.07, 6.45) is 7.93. The summed E-state index contributed by atoms with van der Waals surface area (Å²) < 4.78 is 0. The summed E-state index contributed by atoms with van der Waals surface area (Å²) in [6.45, 7) is 2.54. The van der Waals surface area contributed by atoms with Crippen LogP contribution in [0.15, 0.2) is 35.6 Å². The normalized spacial score (nSPS) is 21.5. The first-order chi connectivity index (χ1) is 12.3. The van der Waals surface area contributed by atoms with E-state index in [-0.39, 0.29) is 5.91 Å². The van der Waals surface area contributed by atoms with E-state index in [0.717, 1.165) is 59.9 Å². The third-order valence-electron chi connectivity index (χ3n) is 4.94. The molecule has 4 rings (SSSR count). The van der Waals surface area contributed by atoms with Crippen molar-refractivity contribution in [2.45, 2.75) is 18.9 Å². The molecular weight excluding hydrogens is 334 g/mol. The Balaban J connectivity index is 1.58. The number of rotatable bonds is 3. The highest BCUT2D eigenvalue weighted by Gasteiger charge is 2.27. The average molecular weight is 357 g/mol. The lowest BCUT2D eigenvalue weighted by molar-refractivity contribution is -0.127. The first-order valence-corrected chi connectivity index (χ1v) is 9.74. The highest BCUT2D eigenvalue weighted by molar-refractivity contribution is 8.04. The number of amides is 1. The van der Waals surface area contributed by atoms with Crippen LogP contribution in [0.1, 0.15) is 12.8 Å².